The highest BCUT2D eigenvalue weighted by Crippen LogP contribution is 2.41. The van der Waals surface area contributed by atoms with Crippen LogP contribution in [0.3, 0.4) is 0 Å². The van der Waals surface area contributed by atoms with Crippen molar-refractivity contribution in [2.24, 2.45) is 0 Å². The zero-order chi connectivity index (χ0) is 21.1. The number of carbonyl (C=O) groups is 1. The van der Waals surface area contributed by atoms with Gasteiger partial charge in [-0.3, -0.25) is 14.3 Å². The van der Waals surface area contributed by atoms with Crippen LogP contribution < -0.4 is 0 Å². The number of rotatable bonds is 9. The van der Waals surface area contributed by atoms with Crippen molar-refractivity contribution in [3.63, 3.8) is 0 Å². The summed E-state index contributed by atoms with van der Waals surface area (Å²) in [4.78, 5) is 18.8. The molecule has 9 nitrogen and oxygen atoms in total. The van der Waals surface area contributed by atoms with Crippen molar-refractivity contribution < 1.29 is 17.9 Å². The number of thioether (sulfide) groups is 1. The normalized spacial score (nSPS) is 20.4. The van der Waals surface area contributed by atoms with Crippen LogP contribution in [-0.2, 0) is 19.4 Å². The number of hydrogen-bond donors (Lipinski definition) is 0. The van der Waals surface area contributed by atoms with Crippen molar-refractivity contribution in [2.75, 3.05) is 37.5 Å². The lowest BCUT2D eigenvalue weighted by Crippen LogP contribution is -2.44. The summed E-state index contributed by atoms with van der Waals surface area (Å²) in [5.74, 6) is 0.992. The highest BCUT2D eigenvalue weighted by molar-refractivity contribution is 7.99. The van der Waals surface area contributed by atoms with Crippen LogP contribution in [0.2, 0.25) is 0 Å². The molecular formula is C19H25N5O4S2. The Labute approximate surface area is 180 Å². The molecule has 2 aromatic heterocycles. The van der Waals surface area contributed by atoms with Gasteiger partial charge in [-0.1, -0.05) is 11.8 Å². The molecule has 1 amide bonds. The fourth-order valence-electron chi connectivity index (χ4n) is 3.66. The highest BCUT2D eigenvalue weighted by Gasteiger charge is 2.35. The van der Waals surface area contributed by atoms with Gasteiger partial charge in [-0.05, 0) is 31.4 Å². The van der Waals surface area contributed by atoms with E-state index in [1.165, 1.54) is 11.8 Å². The molecule has 2 fully saturated rings. The molecule has 30 heavy (non-hydrogen) atoms. The second-order valence-corrected chi connectivity index (χ2v) is 10.7. The van der Waals surface area contributed by atoms with Gasteiger partial charge in [0.1, 0.15) is 0 Å². The van der Waals surface area contributed by atoms with Crippen LogP contribution in [0.25, 0.3) is 11.4 Å². The van der Waals surface area contributed by atoms with Crippen LogP contribution in [0.5, 0.6) is 0 Å². The minimum Gasteiger partial charge on any atom is -0.383 e. The summed E-state index contributed by atoms with van der Waals surface area (Å²) in [7, 11) is -1.51. The molecular weight excluding hydrogens is 426 g/mol. The predicted molar refractivity (Wildman–Crippen MR) is 113 cm³/mol. The number of sulfone groups is 1. The van der Waals surface area contributed by atoms with E-state index in [-0.39, 0.29) is 29.2 Å². The molecule has 0 radical (unpaired) electrons. The molecule has 2 aliphatic rings. The molecule has 1 aliphatic carbocycles. The van der Waals surface area contributed by atoms with Crippen LogP contribution in [0.1, 0.15) is 25.3 Å². The topological polar surface area (TPSA) is 107 Å². The molecule has 4 rings (SSSR count). The molecule has 1 aliphatic heterocycles. The average Bonchev–Trinajstić information content (AvgIpc) is 3.39. The molecule has 0 aromatic carbocycles. The Bertz CT molecular complexity index is 992. The lowest BCUT2D eigenvalue weighted by Gasteiger charge is -2.28. The third-order valence-electron chi connectivity index (χ3n) is 5.33. The van der Waals surface area contributed by atoms with Crippen LogP contribution in [0, 0.1) is 0 Å². The Morgan fingerprint density at radius 3 is 2.80 bits per heavy atom. The summed E-state index contributed by atoms with van der Waals surface area (Å²) in [6, 6.07) is 3.87. The summed E-state index contributed by atoms with van der Waals surface area (Å²) in [5.41, 5.74) is 0.896. The molecule has 1 saturated heterocycles. The summed E-state index contributed by atoms with van der Waals surface area (Å²) < 4.78 is 31.0. The van der Waals surface area contributed by atoms with Crippen LogP contribution >= 0.6 is 11.8 Å². The zero-order valence-corrected chi connectivity index (χ0v) is 18.4. The Morgan fingerprint density at radius 1 is 1.33 bits per heavy atom. The van der Waals surface area contributed by atoms with E-state index in [0.717, 1.165) is 24.2 Å². The first-order valence-electron chi connectivity index (χ1n) is 9.95. The van der Waals surface area contributed by atoms with Crippen molar-refractivity contribution in [1.29, 1.82) is 0 Å². The van der Waals surface area contributed by atoms with Crippen LogP contribution in [0.15, 0.2) is 29.7 Å². The number of methoxy groups -OCH3 is 1. The molecule has 3 heterocycles. The first-order valence-corrected chi connectivity index (χ1v) is 12.8. The predicted octanol–water partition coefficient (Wildman–Crippen LogP) is 1.43. The lowest BCUT2D eigenvalue weighted by atomic mass is 10.2. The first kappa shape index (κ1) is 21.3. The zero-order valence-electron chi connectivity index (χ0n) is 16.8. The van der Waals surface area contributed by atoms with Gasteiger partial charge in [0.15, 0.2) is 20.8 Å². The van der Waals surface area contributed by atoms with Gasteiger partial charge in [0.25, 0.3) is 0 Å². The number of hydrogen-bond acceptors (Lipinski definition) is 8. The maximum Gasteiger partial charge on any atom is 0.233 e. The number of ether oxygens (including phenoxy) is 1. The largest absolute Gasteiger partial charge is 0.383 e. The smallest absolute Gasteiger partial charge is 0.233 e. The second kappa shape index (κ2) is 9.03. The van der Waals surface area contributed by atoms with Crippen molar-refractivity contribution in [3.8, 4) is 11.4 Å². The van der Waals surface area contributed by atoms with E-state index in [0.29, 0.717) is 30.8 Å². The van der Waals surface area contributed by atoms with E-state index < -0.39 is 9.84 Å². The van der Waals surface area contributed by atoms with Gasteiger partial charge < -0.3 is 9.64 Å². The highest BCUT2D eigenvalue weighted by atomic mass is 32.2. The van der Waals surface area contributed by atoms with Gasteiger partial charge in [0.05, 0.1) is 23.9 Å². The SMILES string of the molecule is COCCN(C(=O)CSc1nnc(-c2cccnc2)n1C1CC1)[C@H]1CCS(=O)(=O)C1. The van der Waals surface area contributed by atoms with Crippen molar-refractivity contribution >= 4 is 27.5 Å². The van der Waals surface area contributed by atoms with E-state index in [9.17, 15) is 13.2 Å². The minimum atomic E-state index is -3.08. The van der Waals surface area contributed by atoms with Gasteiger partial charge in [-0.25, -0.2) is 8.42 Å². The Hall–Kier alpha value is -1.98. The summed E-state index contributed by atoms with van der Waals surface area (Å²) >= 11 is 1.35. The molecule has 2 aromatic rings. The van der Waals surface area contributed by atoms with Gasteiger partial charge in [-0.15, -0.1) is 10.2 Å². The molecule has 0 bridgehead atoms. The monoisotopic (exact) mass is 451 g/mol. The van der Waals surface area contributed by atoms with Gasteiger partial charge in [-0.2, -0.15) is 0 Å². The van der Waals surface area contributed by atoms with Crippen LogP contribution in [0.4, 0.5) is 0 Å². The van der Waals surface area contributed by atoms with Crippen LogP contribution in [-0.4, -0.2) is 82.5 Å². The fourth-order valence-corrected chi connectivity index (χ4v) is 6.28. The average molecular weight is 452 g/mol. The molecule has 1 atom stereocenters. The summed E-state index contributed by atoms with van der Waals surface area (Å²) in [6.45, 7) is 0.753. The number of pyridine rings is 1. The van der Waals surface area contributed by atoms with Crippen molar-refractivity contribution in [1.82, 2.24) is 24.6 Å². The van der Waals surface area contributed by atoms with E-state index >= 15 is 0 Å². The van der Waals surface area contributed by atoms with E-state index in [2.05, 4.69) is 19.7 Å². The number of aromatic nitrogens is 4. The van der Waals surface area contributed by atoms with E-state index in [1.54, 1.807) is 24.4 Å². The van der Waals surface area contributed by atoms with Gasteiger partial charge in [0.2, 0.25) is 5.91 Å². The molecule has 0 N–H and O–H groups in total. The maximum atomic E-state index is 13.0. The van der Waals surface area contributed by atoms with Crippen molar-refractivity contribution in [2.45, 2.75) is 36.5 Å². The standard InChI is InChI=1S/C19H25N5O4S2/c1-28-9-8-23(16-6-10-30(26,27)13-16)17(25)12-29-19-22-21-18(24(19)15-4-5-15)14-3-2-7-20-11-14/h2-3,7,11,15-16H,4-6,8-10,12-13H2,1H3/t16-/m0/s1. The molecule has 0 unspecified atom stereocenters. The Balaban J connectivity index is 1.48. The molecule has 0 spiro atoms. The van der Waals surface area contributed by atoms with Gasteiger partial charge in [0, 0.05) is 43.7 Å². The first-order chi connectivity index (χ1) is 14.5. The van der Waals surface area contributed by atoms with Gasteiger partial charge >= 0.3 is 0 Å². The Morgan fingerprint density at radius 2 is 2.17 bits per heavy atom. The number of carbonyl (C=O) groups excluding carboxylic acids is 1. The Kier molecular flexibility index (Phi) is 6.40. The summed E-state index contributed by atoms with van der Waals surface area (Å²) in [5, 5.41) is 9.37. The number of nitrogens with zero attached hydrogens (tertiary/aromatic N) is 5. The molecule has 1 saturated carbocycles. The summed E-state index contributed by atoms with van der Waals surface area (Å²) in [6.07, 6.45) is 6.08. The van der Waals surface area contributed by atoms with E-state index in [4.69, 9.17) is 4.74 Å². The molecule has 11 heteroatoms. The fraction of sp³-hybridized carbons (Fsp3) is 0.579. The second-order valence-electron chi connectivity index (χ2n) is 7.57. The maximum absolute atomic E-state index is 13.0. The third kappa shape index (κ3) is 4.84. The van der Waals surface area contributed by atoms with Crippen molar-refractivity contribution in [3.05, 3.63) is 24.5 Å². The van der Waals surface area contributed by atoms with E-state index in [1.807, 2.05) is 12.1 Å². The number of amides is 1. The minimum absolute atomic E-state index is 0.0243. The molecule has 162 valence electrons. The quantitative estimate of drug-likeness (QED) is 0.527. The third-order valence-corrected chi connectivity index (χ3v) is 8.01. The lowest BCUT2D eigenvalue weighted by molar-refractivity contribution is -0.130.